The molecule has 0 amide bonds. The van der Waals surface area contributed by atoms with Crippen molar-refractivity contribution in [2.24, 2.45) is 0 Å². The van der Waals surface area contributed by atoms with Crippen LogP contribution in [0.2, 0.25) is 0 Å². The zero-order valence-corrected chi connectivity index (χ0v) is 12.5. The van der Waals surface area contributed by atoms with Crippen LogP contribution < -0.4 is 19.5 Å². The summed E-state index contributed by atoms with van der Waals surface area (Å²) < 4.78 is 30.4. The molecule has 3 aliphatic rings. The van der Waals surface area contributed by atoms with E-state index in [4.69, 9.17) is 14.2 Å². The number of ether oxygens (including phenoxy) is 3. The molecular formula is C18H16FNO3. The van der Waals surface area contributed by atoms with Gasteiger partial charge in [-0.05, 0) is 35.4 Å². The Kier molecular flexibility index (Phi) is 2.65. The molecule has 0 aromatic heterocycles. The topological polar surface area (TPSA) is 39.7 Å². The first-order chi connectivity index (χ1) is 11.3. The van der Waals surface area contributed by atoms with Crippen molar-refractivity contribution >= 4 is 0 Å². The van der Waals surface area contributed by atoms with Crippen LogP contribution in [0.1, 0.15) is 17.0 Å². The van der Waals surface area contributed by atoms with Crippen LogP contribution in [0.15, 0.2) is 36.4 Å². The fraction of sp³-hybridized carbons (Fsp3) is 0.333. The second kappa shape index (κ2) is 4.61. The molecule has 1 N–H and O–H groups in total. The minimum absolute atomic E-state index is 0.131. The SMILES string of the molecule is Fc1ccc2c(c1)[C@]1(COc3ccc4c(c3)OCO4)CNC[C@H]21. The van der Waals surface area contributed by atoms with Gasteiger partial charge in [0, 0.05) is 25.1 Å². The molecule has 0 bridgehead atoms. The molecule has 1 aliphatic carbocycles. The van der Waals surface area contributed by atoms with E-state index in [0.717, 1.165) is 30.2 Å². The van der Waals surface area contributed by atoms with Crippen molar-refractivity contribution in [3.05, 3.63) is 53.3 Å². The van der Waals surface area contributed by atoms with Gasteiger partial charge >= 0.3 is 0 Å². The van der Waals surface area contributed by atoms with Crippen LogP contribution >= 0.6 is 0 Å². The van der Waals surface area contributed by atoms with E-state index in [-0.39, 0.29) is 18.0 Å². The lowest BCUT2D eigenvalue weighted by Gasteiger charge is -2.46. The van der Waals surface area contributed by atoms with Gasteiger partial charge in [0.05, 0.1) is 12.0 Å². The first kappa shape index (κ1) is 13.2. The van der Waals surface area contributed by atoms with Crippen molar-refractivity contribution in [1.29, 1.82) is 0 Å². The van der Waals surface area contributed by atoms with Crippen LogP contribution in [0.4, 0.5) is 4.39 Å². The first-order valence-corrected chi connectivity index (χ1v) is 7.79. The predicted octanol–water partition coefficient (Wildman–Crippen LogP) is 2.57. The molecule has 23 heavy (non-hydrogen) atoms. The van der Waals surface area contributed by atoms with Crippen molar-refractivity contribution in [2.45, 2.75) is 11.3 Å². The summed E-state index contributed by atoms with van der Waals surface area (Å²) in [6, 6.07) is 10.7. The minimum Gasteiger partial charge on any atom is -0.492 e. The van der Waals surface area contributed by atoms with Gasteiger partial charge in [-0.3, -0.25) is 0 Å². The highest BCUT2D eigenvalue weighted by Crippen LogP contribution is 2.54. The largest absolute Gasteiger partial charge is 0.492 e. The molecule has 1 fully saturated rings. The highest BCUT2D eigenvalue weighted by Gasteiger charge is 2.55. The Bertz CT molecular complexity index is 794. The summed E-state index contributed by atoms with van der Waals surface area (Å²) in [6.07, 6.45) is 0. The second-order valence-corrected chi connectivity index (χ2v) is 6.37. The molecule has 0 radical (unpaired) electrons. The van der Waals surface area contributed by atoms with Gasteiger partial charge in [-0.2, -0.15) is 0 Å². The third kappa shape index (κ3) is 1.80. The van der Waals surface area contributed by atoms with E-state index >= 15 is 0 Å². The summed E-state index contributed by atoms with van der Waals surface area (Å²) in [7, 11) is 0. The number of fused-ring (bicyclic) bond motifs is 5. The maximum Gasteiger partial charge on any atom is 0.231 e. The Morgan fingerprint density at radius 1 is 1.17 bits per heavy atom. The van der Waals surface area contributed by atoms with Gasteiger partial charge in [0.2, 0.25) is 6.79 Å². The van der Waals surface area contributed by atoms with Crippen molar-refractivity contribution in [1.82, 2.24) is 5.32 Å². The van der Waals surface area contributed by atoms with Crippen molar-refractivity contribution in [3.8, 4) is 17.2 Å². The van der Waals surface area contributed by atoms with Gasteiger partial charge in [0.15, 0.2) is 11.5 Å². The molecule has 118 valence electrons. The van der Waals surface area contributed by atoms with Gasteiger partial charge in [0.25, 0.3) is 0 Å². The molecule has 5 heteroatoms. The molecule has 5 rings (SSSR count). The minimum atomic E-state index is -0.184. The van der Waals surface area contributed by atoms with Crippen LogP contribution in [-0.2, 0) is 5.41 Å². The van der Waals surface area contributed by atoms with Gasteiger partial charge in [-0.1, -0.05) is 6.07 Å². The number of halogens is 1. The van der Waals surface area contributed by atoms with E-state index in [1.807, 2.05) is 24.3 Å². The summed E-state index contributed by atoms with van der Waals surface area (Å²) in [5.41, 5.74) is 2.19. The van der Waals surface area contributed by atoms with Gasteiger partial charge in [-0.25, -0.2) is 4.39 Å². The Morgan fingerprint density at radius 3 is 3.04 bits per heavy atom. The lowest BCUT2D eigenvalue weighted by molar-refractivity contribution is 0.173. The van der Waals surface area contributed by atoms with Crippen molar-refractivity contribution < 1.29 is 18.6 Å². The third-order valence-electron chi connectivity index (χ3n) is 5.22. The summed E-state index contributed by atoms with van der Waals surface area (Å²) in [5, 5.41) is 3.42. The number of hydrogen-bond donors (Lipinski definition) is 1. The van der Waals surface area contributed by atoms with Crippen LogP contribution in [0, 0.1) is 5.82 Å². The molecular weight excluding hydrogens is 297 g/mol. The van der Waals surface area contributed by atoms with Gasteiger partial charge < -0.3 is 19.5 Å². The Balaban J connectivity index is 1.41. The Morgan fingerprint density at radius 2 is 2.09 bits per heavy atom. The lowest BCUT2D eigenvalue weighted by Crippen LogP contribution is -2.48. The molecule has 2 heterocycles. The molecule has 0 unspecified atom stereocenters. The maximum absolute atomic E-state index is 13.6. The van der Waals surface area contributed by atoms with E-state index in [9.17, 15) is 4.39 Å². The molecule has 2 aromatic rings. The van der Waals surface area contributed by atoms with E-state index in [2.05, 4.69) is 5.32 Å². The molecule has 0 saturated carbocycles. The average Bonchev–Trinajstić information content (AvgIpc) is 3.16. The Hall–Kier alpha value is -2.27. The van der Waals surface area contributed by atoms with E-state index in [1.165, 1.54) is 5.56 Å². The smallest absolute Gasteiger partial charge is 0.231 e. The number of rotatable bonds is 3. The second-order valence-electron chi connectivity index (χ2n) is 6.37. The highest BCUT2D eigenvalue weighted by molar-refractivity contribution is 5.53. The van der Waals surface area contributed by atoms with Crippen LogP contribution in [-0.4, -0.2) is 26.5 Å². The summed E-state index contributed by atoms with van der Waals surface area (Å²) in [5.74, 6) is 2.41. The van der Waals surface area contributed by atoms with Gasteiger partial charge in [0.1, 0.15) is 11.6 Å². The monoisotopic (exact) mass is 313 g/mol. The molecule has 0 spiro atoms. The molecule has 4 nitrogen and oxygen atoms in total. The Labute approximate surface area is 133 Å². The van der Waals surface area contributed by atoms with Crippen molar-refractivity contribution in [2.75, 3.05) is 26.5 Å². The summed E-state index contributed by atoms with van der Waals surface area (Å²) in [6.45, 7) is 2.52. The van der Waals surface area contributed by atoms with E-state index < -0.39 is 0 Å². The van der Waals surface area contributed by atoms with Gasteiger partial charge in [-0.15, -0.1) is 0 Å². The van der Waals surface area contributed by atoms with Crippen molar-refractivity contribution in [3.63, 3.8) is 0 Å². The molecule has 2 aliphatic heterocycles. The normalized spacial score (nSPS) is 26.4. The summed E-state index contributed by atoms with van der Waals surface area (Å²) >= 11 is 0. The van der Waals surface area contributed by atoms with E-state index in [0.29, 0.717) is 18.3 Å². The maximum atomic E-state index is 13.6. The number of benzene rings is 2. The summed E-state index contributed by atoms with van der Waals surface area (Å²) in [4.78, 5) is 0. The standard InChI is InChI=1S/C18H16FNO3/c19-11-1-3-13-14(5-11)18(8-20-7-15(13)18)9-21-12-2-4-16-17(6-12)23-10-22-16/h1-6,15,20H,7-10H2/t15-,18-/m1/s1. The van der Waals surface area contributed by atoms with E-state index in [1.54, 1.807) is 12.1 Å². The fourth-order valence-electron chi connectivity index (χ4n) is 4.04. The number of nitrogens with one attached hydrogen (secondary N) is 1. The molecule has 2 aromatic carbocycles. The highest BCUT2D eigenvalue weighted by atomic mass is 19.1. The zero-order valence-electron chi connectivity index (χ0n) is 12.5. The molecule has 1 saturated heterocycles. The third-order valence-corrected chi connectivity index (χ3v) is 5.22. The molecule has 2 atom stereocenters. The first-order valence-electron chi connectivity index (χ1n) is 7.79. The van der Waals surface area contributed by atoms with Crippen LogP contribution in [0.25, 0.3) is 0 Å². The fourth-order valence-corrected chi connectivity index (χ4v) is 4.04. The zero-order chi connectivity index (χ0) is 15.4. The average molecular weight is 313 g/mol. The quantitative estimate of drug-likeness (QED) is 0.945. The van der Waals surface area contributed by atoms with Crippen LogP contribution in [0.5, 0.6) is 17.2 Å². The van der Waals surface area contributed by atoms with Crippen LogP contribution in [0.3, 0.4) is 0 Å². The predicted molar refractivity (Wildman–Crippen MR) is 81.7 cm³/mol. The lowest BCUT2D eigenvalue weighted by atomic mass is 9.58. The number of hydrogen-bond acceptors (Lipinski definition) is 4.